The lowest BCUT2D eigenvalue weighted by Gasteiger charge is -2.05. The molecule has 0 saturated carbocycles. The molecule has 2 aliphatic rings. The number of hydroxylamine groups is 1. The van der Waals surface area contributed by atoms with Crippen molar-refractivity contribution in [3.05, 3.63) is 53.3 Å². The molecule has 3 heteroatoms. The van der Waals surface area contributed by atoms with Gasteiger partial charge in [0.05, 0.1) is 5.56 Å². The first-order valence-electron chi connectivity index (χ1n) is 5.08. The van der Waals surface area contributed by atoms with Crippen LogP contribution < -0.4 is 0 Å². The summed E-state index contributed by atoms with van der Waals surface area (Å²) in [6.07, 6.45) is 4.69. The molecule has 1 aliphatic carbocycles. The van der Waals surface area contributed by atoms with Crippen molar-refractivity contribution in [1.82, 2.24) is 0 Å². The van der Waals surface area contributed by atoms with E-state index < -0.39 is 0 Å². The molecular formula is C12H11NO2. The monoisotopic (exact) mass is 201 g/mol. The summed E-state index contributed by atoms with van der Waals surface area (Å²) >= 11 is 0. The van der Waals surface area contributed by atoms with E-state index in [-0.39, 0.29) is 12.1 Å². The zero-order valence-corrected chi connectivity index (χ0v) is 8.17. The third-order valence-corrected chi connectivity index (χ3v) is 2.85. The van der Waals surface area contributed by atoms with Gasteiger partial charge in [0.1, 0.15) is 0 Å². The number of fused-ring (bicyclic) bond motifs is 1. The van der Waals surface area contributed by atoms with Gasteiger partial charge in [0.25, 0.3) is 0 Å². The fourth-order valence-corrected chi connectivity index (χ4v) is 2.07. The number of nitrogens with zero attached hydrogens (tertiary/aromatic N) is 1. The standard InChI is InChI=1S/C12H11NO2/c14-13-10-7-4-8-11(10)15-12(13)9-5-2-1-3-6-9/h1-6,8,10-11H,7H2/t10-,11+/m1/s1. The van der Waals surface area contributed by atoms with Crippen molar-refractivity contribution in [3.8, 4) is 0 Å². The molecule has 76 valence electrons. The van der Waals surface area contributed by atoms with Gasteiger partial charge in [-0.2, -0.15) is 4.74 Å². The summed E-state index contributed by atoms with van der Waals surface area (Å²) in [7, 11) is 0. The summed E-state index contributed by atoms with van der Waals surface area (Å²) in [5, 5.41) is 11.9. The van der Waals surface area contributed by atoms with E-state index in [1.165, 1.54) is 0 Å². The van der Waals surface area contributed by atoms with Gasteiger partial charge in [-0.3, -0.25) is 0 Å². The molecule has 3 nitrogen and oxygen atoms in total. The third kappa shape index (κ3) is 1.23. The van der Waals surface area contributed by atoms with Gasteiger partial charge in [0, 0.05) is 6.42 Å². The molecule has 1 heterocycles. The largest absolute Gasteiger partial charge is 0.621 e. The van der Waals surface area contributed by atoms with Crippen molar-refractivity contribution in [2.45, 2.75) is 18.6 Å². The lowest BCUT2D eigenvalue weighted by molar-refractivity contribution is -0.489. The molecule has 1 aromatic carbocycles. The van der Waals surface area contributed by atoms with Crippen LogP contribution in [0.25, 0.3) is 0 Å². The average molecular weight is 201 g/mol. The van der Waals surface area contributed by atoms with E-state index in [0.29, 0.717) is 5.90 Å². The molecule has 0 saturated heterocycles. The van der Waals surface area contributed by atoms with Crippen LogP contribution >= 0.6 is 0 Å². The highest BCUT2D eigenvalue weighted by Crippen LogP contribution is 2.25. The van der Waals surface area contributed by atoms with E-state index >= 15 is 0 Å². The Kier molecular flexibility index (Phi) is 1.78. The Bertz CT molecular complexity index is 436. The minimum Gasteiger partial charge on any atom is -0.621 e. The number of ether oxygens (including phenoxy) is 1. The highest BCUT2D eigenvalue weighted by molar-refractivity contribution is 5.91. The molecule has 1 aromatic rings. The van der Waals surface area contributed by atoms with Crippen molar-refractivity contribution in [2.75, 3.05) is 0 Å². The molecule has 2 atom stereocenters. The molecule has 1 aliphatic heterocycles. The first-order valence-corrected chi connectivity index (χ1v) is 5.08. The summed E-state index contributed by atoms with van der Waals surface area (Å²) < 4.78 is 6.63. The fraction of sp³-hybridized carbons (Fsp3) is 0.250. The maximum atomic E-state index is 11.9. The smallest absolute Gasteiger partial charge is 0.382 e. The van der Waals surface area contributed by atoms with Crippen LogP contribution in [-0.4, -0.2) is 22.8 Å². The summed E-state index contributed by atoms with van der Waals surface area (Å²) in [5.74, 6) is 0.454. The van der Waals surface area contributed by atoms with Crippen molar-refractivity contribution in [2.24, 2.45) is 0 Å². The first-order chi connectivity index (χ1) is 7.36. The van der Waals surface area contributed by atoms with Crippen LogP contribution in [0.15, 0.2) is 42.5 Å². The number of rotatable bonds is 1. The highest BCUT2D eigenvalue weighted by Gasteiger charge is 2.42. The molecule has 0 spiro atoms. The lowest BCUT2D eigenvalue weighted by atomic mass is 10.2. The van der Waals surface area contributed by atoms with Crippen molar-refractivity contribution in [1.29, 1.82) is 0 Å². The summed E-state index contributed by atoms with van der Waals surface area (Å²) in [5.41, 5.74) is 0.857. The zero-order valence-electron chi connectivity index (χ0n) is 8.17. The van der Waals surface area contributed by atoms with Crippen LogP contribution in [0.5, 0.6) is 0 Å². The first kappa shape index (κ1) is 8.53. The van der Waals surface area contributed by atoms with Crippen LogP contribution in [0.4, 0.5) is 0 Å². The molecule has 0 fully saturated rings. The van der Waals surface area contributed by atoms with Gasteiger partial charge in [-0.05, 0) is 18.2 Å². The van der Waals surface area contributed by atoms with Crippen molar-refractivity contribution < 1.29 is 9.48 Å². The Labute approximate surface area is 87.9 Å². The van der Waals surface area contributed by atoms with Crippen molar-refractivity contribution >= 4 is 5.90 Å². The predicted molar refractivity (Wildman–Crippen MR) is 56.6 cm³/mol. The van der Waals surface area contributed by atoms with Gasteiger partial charge < -0.3 is 9.94 Å². The molecule has 3 rings (SSSR count). The van der Waals surface area contributed by atoms with E-state index in [9.17, 15) is 5.21 Å². The quantitative estimate of drug-likeness (QED) is 0.393. The van der Waals surface area contributed by atoms with E-state index in [0.717, 1.165) is 16.7 Å². The number of hydrogen-bond acceptors (Lipinski definition) is 2. The van der Waals surface area contributed by atoms with Crippen LogP contribution in [0.2, 0.25) is 0 Å². The minimum atomic E-state index is -0.0577. The van der Waals surface area contributed by atoms with Crippen LogP contribution in [0.3, 0.4) is 0 Å². The summed E-state index contributed by atoms with van der Waals surface area (Å²) in [4.78, 5) is 0. The number of benzene rings is 1. The Morgan fingerprint density at radius 2 is 2.07 bits per heavy atom. The van der Waals surface area contributed by atoms with Crippen molar-refractivity contribution in [3.63, 3.8) is 0 Å². The van der Waals surface area contributed by atoms with Gasteiger partial charge in [0.15, 0.2) is 6.10 Å². The second kappa shape index (κ2) is 3.12. The highest BCUT2D eigenvalue weighted by atomic mass is 16.6. The number of hydrogen-bond donors (Lipinski definition) is 0. The Morgan fingerprint density at radius 3 is 2.80 bits per heavy atom. The Balaban J connectivity index is 1.98. The zero-order chi connectivity index (χ0) is 10.3. The van der Waals surface area contributed by atoms with Crippen LogP contribution in [0.1, 0.15) is 12.0 Å². The third-order valence-electron chi connectivity index (χ3n) is 2.85. The van der Waals surface area contributed by atoms with Gasteiger partial charge in [-0.1, -0.05) is 24.3 Å². The summed E-state index contributed by atoms with van der Waals surface area (Å²) in [6, 6.07) is 9.47. The molecule has 0 N–H and O–H groups in total. The van der Waals surface area contributed by atoms with E-state index in [2.05, 4.69) is 0 Å². The Hall–Kier alpha value is -1.77. The molecular weight excluding hydrogens is 190 g/mol. The second-order valence-electron chi connectivity index (χ2n) is 3.81. The molecule has 0 amide bonds. The fourth-order valence-electron chi connectivity index (χ4n) is 2.07. The molecule has 0 aromatic heterocycles. The maximum absolute atomic E-state index is 11.9. The average Bonchev–Trinajstić information content (AvgIpc) is 2.83. The van der Waals surface area contributed by atoms with Gasteiger partial charge in [0.2, 0.25) is 6.04 Å². The van der Waals surface area contributed by atoms with Gasteiger partial charge >= 0.3 is 5.90 Å². The van der Waals surface area contributed by atoms with Gasteiger partial charge in [-0.15, -0.1) is 0 Å². The predicted octanol–water partition coefficient (Wildman–Crippen LogP) is 1.67. The van der Waals surface area contributed by atoms with E-state index in [1.54, 1.807) is 0 Å². The molecule has 0 bridgehead atoms. The molecule has 0 radical (unpaired) electrons. The minimum absolute atomic E-state index is 0.0554. The Morgan fingerprint density at radius 1 is 1.27 bits per heavy atom. The SMILES string of the molecule is [O-][N+]1=C(c2ccccc2)O[C@H]2C=CC[C@H]21. The lowest BCUT2D eigenvalue weighted by Crippen LogP contribution is -2.23. The van der Waals surface area contributed by atoms with Gasteiger partial charge in [-0.25, -0.2) is 0 Å². The second-order valence-corrected chi connectivity index (χ2v) is 3.81. The molecule has 15 heavy (non-hydrogen) atoms. The van der Waals surface area contributed by atoms with Crippen LogP contribution in [-0.2, 0) is 4.74 Å². The van der Waals surface area contributed by atoms with Crippen LogP contribution in [0, 0.1) is 5.21 Å². The topological polar surface area (TPSA) is 35.3 Å². The van der Waals surface area contributed by atoms with E-state index in [1.807, 2.05) is 42.5 Å². The maximum Gasteiger partial charge on any atom is 0.382 e. The molecule has 0 unspecified atom stereocenters. The normalized spacial score (nSPS) is 28.0. The van der Waals surface area contributed by atoms with E-state index in [4.69, 9.17) is 4.74 Å². The summed E-state index contributed by atoms with van der Waals surface area (Å²) in [6.45, 7) is 0.